The van der Waals surface area contributed by atoms with Crippen molar-refractivity contribution in [2.24, 2.45) is 11.1 Å². The van der Waals surface area contributed by atoms with Crippen LogP contribution in [0.1, 0.15) is 26.7 Å². The highest BCUT2D eigenvalue weighted by atomic mass is 32.2. The number of nitrogens with zero attached hydrogens (tertiary/aromatic N) is 1. The van der Waals surface area contributed by atoms with Crippen LogP contribution in [-0.4, -0.2) is 38.2 Å². The predicted molar refractivity (Wildman–Crippen MR) is 63.4 cm³/mol. The predicted octanol–water partition coefficient (Wildman–Crippen LogP) is -0.121. The van der Waals surface area contributed by atoms with Gasteiger partial charge in [0.15, 0.2) is 0 Å². The van der Waals surface area contributed by atoms with Crippen molar-refractivity contribution in [3.8, 4) is 0 Å². The van der Waals surface area contributed by atoms with Crippen LogP contribution in [0.3, 0.4) is 0 Å². The molecule has 94 valence electrons. The van der Waals surface area contributed by atoms with Gasteiger partial charge < -0.3 is 5.73 Å². The maximum absolute atomic E-state index is 11.7. The number of nitrogens with two attached hydrogens (primary N) is 1. The fourth-order valence-electron chi connectivity index (χ4n) is 1.76. The van der Waals surface area contributed by atoms with Crippen molar-refractivity contribution >= 4 is 16.0 Å². The molecule has 6 nitrogen and oxygen atoms in total. The highest BCUT2D eigenvalue weighted by Crippen LogP contribution is 2.31. The Morgan fingerprint density at radius 2 is 2.00 bits per heavy atom. The van der Waals surface area contributed by atoms with Gasteiger partial charge in [-0.25, -0.2) is 4.72 Å². The van der Waals surface area contributed by atoms with Crippen LogP contribution in [0.2, 0.25) is 0 Å². The summed E-state index contributed by atoms with van der Waals surface area (Å²) in [7, 11) is -3.34. The van der Waals surface area contributed by atoms with Crippen molar-refractivity contribution in [1.29, 1.82) is 5.41 Å². The van der Waals surface area contributed by atoms with E-state index in [-0.39, 0.29) is 11.3 Å². The molecule has 16 heavy (non-hydrogen) atoms. The van der Waals surface area contributed by atoms with Crippen molar-refractivity contribution in [3.63, 3.8) is 0 Å². The largest absolute Gasteiger partial charge is 0.387 e. The Hall–Kier alpha value is -0.660. The molecular weight excluding hydrogens is 228 g/mol. The Bertz CT molecular complexity index is 358. The normalized spacial score (nSPS) is 21.9. The molecule has 1 saturated heterocycles. The summed E-state index contributed by atoms with van der Waals surface area (Å²) in [5, 5.41) is 7.48. The second kappa shape index (κ2) is 4.68. The molecule has 0 unspecified atom stereocenters. The Balaban J connectivity index is 2.66. The molecule has 1 aliphatic heterocycles. The standard InChI is InChI=1S/C9H20N4O2S/c1-3-12-16(14,15)13-6-4-9(2,5-7-13)8(10)11/h12H,3-7H2,1-2H3,(H3,10,11). The van der Waals surface area contributed by atoms with E-state index in [1.807, 2.05) is 6.92 Å². The van der Waals surface area contributed by atoms with E-state index in [1.54, 1.807) is 6.92 Å². The number of nitrogens with one attached hydrogen (secondary N) is 2. The van der Waals surface area contributed by atoms with Gasteiger partial charge in [0.25, 0.3) is 10.2 Å². The third-order valence-corrected chi connectivity index (χ3v) is 4.84. The van der Waals surface area contributed by atoms with Gasteiger partial charge in [-0.05, 0) is 12.8 Å². The number of rotatable bonds is 4. The summed E-state index contributed by atoms with van der Waals surface area (Å²) in [6.07, 6.45) is 1.21. The van der Waals surface area contributed by atoms with Gasteiger partial charge in [0.2, 0.25) is 0 Å². The second-order valence-corrected chi connectivity index (χ2v) is 6.13. The van der Waals surface area contributed by atoms with Gasteiger partial charge in [0.1, 0.15) is 0 Å². The van der Waals surface area contributed by atoms with E-state index < -0.39 is 10.2 Å². The number of hydrogen-bond donors (Lipinski definition) is 3. The lowest BCUT2D eigenvalue weighted by molar-refractivity contribution is 0.238. The third-order valence-electron chi connectivity index (χ3n) is 3.14. The van der Waals surface area contributed by atoms with Gasteiger partial charge in [-0.1, -0.05) is 13.8 Å². The summed E-state index contributed by atoms with van der Waals surface area (Å²) in [6.45, 7) is 4.90. The highest BCUT2D eigenvalue weighted by molar-refractivity contribution is 7.87. The van der Waals surface area contributed by atoms with Crippen LogP contribution in [0.25, 0.3) is 0 Å². The molecule has 7 heteroatoms. The van der Waals surface area contributed by atoms with Crippen molar-refractivity contribution < 1.29 is 8.42 Å². The molecule has 0 saturated carbocycles. The Morgan fingerprint density at radius 1 is 1.50 bits per heavy atom. The second-order valence-electron chi connectivity index (χ2n) is 4.38. The SMILES string of the molecule is CCNS(=O)(=O)N1CCC(C)(C(=N)N)CC1. The molecule has 0 aromatic rings. The van der Waals surface area contributed by atoms with Crippen LogP contribution >= 0.6 is 0 Å². The van der Waals surface area contributed by atoms with E-state index in [9.17, 15) is 8.42 Å². The van der Waals surface area contributed by atoms with Gasteiger partial charge in [0, 0.05) is 25.0 Å². The molecule has 1 fully saturated rings. The van der Waals surface area contributed by atoms with Gasteiger partial charge in [0.05, 0.1) is 5.84 Å². The summed E-state index contributed by atoms with van der Waals surface area (Å²) in [4.78, 5) is 0. The van der Waals surface area contributed by atoms with Crippen molar-refractivity contribution in [1.82, 2.24) is 9.03 Å². The summed E-state index contributed by atoms with van der Waals surface area (Å²) in [6, 6.07) is 0. The van der Waals surface area contributed by atoms with E-state index in [4.69, 9.17) is 11.1 Å². The quantitative estimate of drug-likeness (QED) is 0.477. The molecule has 1 aliphatic rings. The minimum absolute atomic E-state index is 0.146. The van der Waals surface area contributed by atoms with Crippen LogP contribution in [-0.2, 0) is 10.2 Å². The molecule has 0 bridgehead atoms. The van der Waals surface area contributed by atoms with Crippen molar-refractivity contribution in [2.75, 3.05) is 19.6 Å². The smallest absolute Gasteiger partial charge is 0.279 e. The van der Waals surface area contributed by atoms with Crippen LogP contribution in [0.5, 0.6) is 0 Å². The molecule has 0 aromatic heterocycles. The summed E-state index contributed by atoms with van der Waals surface area (Å²) >= 11 is 0. The van der Waals surface area contributed by atoms with Crippen LogP contribution in [0.15, 0.2) is 0 Å². The zero-order chi connectivity index (χ0) is 12.4. The highest BCUT2D eigenvalue weighted by Gasteiger charge is 2.36. The zero-order valence-electron chi connectivity index (χ0n) is 9.78. The van der Waals surface area contributed by atoms with Crippen LogP contribution < -0.4 is 10.5 Å². The lowest BCUT2D eigenvalue weighted by Gasteiger charge is -2.37. The molecular formula is C9H20N4O2S. The molecule has 0 aliphatic carbocycles. The van der Waals surface area contributed by atoms with Gasteiger partial charge in [-0.3, -0.25) is 5.41 Å². The maximum Gasteiger partial charge on any atom is 0.279 e. The molecule has 0 spiro atoms. The first-order valence-electron chi connectivity index (χ1n) is 5.41. The van der Waals surface area contributed by atoms with Crippen molar-refractivity contribution in [2.45, 2.75) is 26.7 Å². The molecule has 0 aromatic carbocycles. The Labute approximate surface area is 96.9 Å². The number of amidine groups is 1. The first-order chi connectivity index (χ1) is 7.32. The summed E-state index contributed by atoms with van der Waals surface area (Å²) < 4.78 is 27.3. The van der Waals surface area contributed by atoms with Gasteiger partial charge in [-0.2, -0.15) is 12.7 Å². The minimum atomic E-state index is -3.34. The summed E-state index contributed by atoms with van der Waals surface area (Å²) in [5.41, 5.74) is 5.17. The molecule has 0 atom stereocenters. The Morgan fingerprint density at radius 3 is 2.38 bits per heavy atom. The van der Waals surface area contributed by atoms with Crippen LogP contribution in [0, 0.1) is 10.8 Å². The fraction of sp³-hybridized carbons (Fsp3) is 0.889. The topological polar surface area (TPSA) is 99.3 Å². The zero-order valence-corrected chi connectivity index (χ0v) is 10.6. The van der Waals surface area contributed by atoms with Gasteiger partial charge in [-0.15, -0.1) is 0 Å². The Kier molecular flexibility index (Phi) is 3.92. The lowest BCUT2D eigenvalue weighted by atomic mass is 9.80. The van der Waals surface area contributed by atoms with E-state index >= 15 is 0 Å². The third kappa shape index (κ3) is 2.72. The monoisotopic (exact) mass is 248 g/mol. The van der Waals surface area contributed by atoms with E-state index in [1.165, 1.54) is 4.31 Å². The average molecular weight is 248 g/mol. The van der Waals surface area contributed by atoms with Crippen LogP contribution in [0.4, 0.5) is 0 Å². The first kappa shape index (κ1) is 13.4. The first-order valence-corrected chi connectivity index (χ1v) is 6.85. The average Bonchev–Trinajstić information content (AvgIpc) is 2.18. The number of piperidine rings is 1. The van der Waals surface area contributed by atoms with E-state index in [0.717, 1.165) is 0 Å². The van der Waals surface area contributed by atoms with E-state index in [0.29, 0.717) is 32.5 Å². The van der Waals surface area contributed by atoms with Crippen molar-refractivity contribution in [3.05, 3.63) is 0 Å². The number of hydrogen-bond acceptors (Lipinski definition) is 3. The van der Waals surface area contributed by atoms with E-state index in [2.05, 4.69) is 4.72 Å². The molecule has 0 radical (unpaired) electrons. The molecule has 0 amide bonds. The lowest BCUT2D eigenvalue weighted by Crippen LogP contribution is -2.50. The van der Waals surface area contributed by atoms with Gasteiger partial charge >= 0.3 is 0 Å². The molecule has 1 heterocycles. The molecule has 1 rings (SSSR count). The fourth-order valence-corrected chi connectivity index (χ4v) is 2.97. The maximum atomic E-state index is 11.7. The summed E-state index contributed by atoms with van der Waals surface area (Å²) in [5.74, 6) is 0.146. The molecule has 4 N–H and O–H groups in total. The minimum Gasteiger partial charge on any atom is -0.387 e.